The van der Waals surface area contributed by atoms with Crippen LogP contribution in [0, 0.1) is 0 Å². The van der Waals surface area contributed by atoms with Gasteiger partial charge in [0.1, 0.15) is 17.2 Å². The highest BCUT2D eigenvalue weighted by Gasteiger charge is 2.44. The van der Waals surface area contributed by atoms with Gasteiger partial charge in [-0.05, 0) is 109 Å². The number of rotatable bonds is 4. The van der Waals surface area contributed by atoms with Crippen LogP contribution in [0.4, 0.5) is 17.1 Å². The molecule has 0 atom stereocenters. The monoisotopic (exact) mass is 802 g/mol. The Hall–Kier alpha value is -8.28. The molecule has 0 radical (unpaired) electrons. The fraction of sp³-hybridized carbons (Fsp3) is 0. The van der Waals surface area contributed by atoms with E-state index in [1.54, 1.807) is 0 Å². The van der Waals surface area contributed by atoms with Crippen molar-refractivity contribution in [1.82, 2.24) is 4.57 Å². The number of fused-ring (bicyclic) bond motifs is 15. The average molecular weight is 803 g/mol. The van der Waals surface area contributed by atoms with Crippen LogP contribution in [0.1, 0.15) is 0 Å². The van der Waals surface area contributed by atoms with Gasteiger partial charge >= 0.3 is 0 Å². The van der Waals surface area contributed by atoms with Crippen molar-refractivity contribution in [3.63, 3.8) is 0 Å². The number of nitrogens with zero attached hydrogens (tertiary/aromatic N) is 2. The van der Waals surface area contributed by atoms with Crippen LogP contribution in [0.15, 0.2) is 212 Å². The quantitative estimate of drug-likeness (QED) is 0.166. The predicted molar refractivity (Wildman–Crippen MR) is 263 cm³/mol. The molecule has 0 saturated heterocycles. The summed E-state index contributed by atoms with van der Waals surface area (Å²) < 4.78 is 17.0. The van der Waals surface area contributed by atoms with E-state index in [0.29, 0.717) is 0 Å². The highest BCUT2D eigenvalue weighted by atomic mass is 16.5. The molecule has 2 aliphatic heterocycles. The highest BCUT2D eigenvalue weighted by molar-refractivity contribution is 7.01. The molecular formula is C58H35BN2O2. The number of hydrogen-bond donors (Lipinski definition) is 0. The molecule has 5 heteroatoms. The van der Waals surface area contributed by atoms with Crippen molar-refractivity contribution in [1.29, 1.82) is 0 Å². The largest absolute Gasteiger partial charge is 0.458 e. The third-order valence-corrected chi connectivity index (χ3v) is 13.4. The zero-order chi connectivity index (χ0) is 41.2. The number of ether oxygens (including phenoxy) is 2. The van der Waals surface area contributed by atoms with Gasteiger partial charge in [-0.2, -0.15) is 0 Å². The summed E-state index contributed by atoms with van der Waals surface area (Å²) in [7, 11) is 0. The molecule has 1 aromatic heterocycles. The normalized spacial score (nSPS) is 12.7. The average Bonchev–Trinajstić information content (AvgIpc) is 3.68. The molecule has 4 nitrogen and oxygen atoms in total. The molecule has 0 spiro atoms. The molecule has 12 aromatic rings. The topological polar surface area (TPSA) is 26.6 Å². The van der Waals surface area contributed by atoms with Gasteiger partial charge in [0.05, 0.1) is 16.7 Å². The molecule has 2 aliphatic rings. The first-order valence-electron chi connectivity index (χ1n) is 21.6. The van der Waals surface area contributed by atoms with E-state index in [0.717, 1.165) is 83.8 Å². The van der Waals surface area contributed by atoms with Crippen LogP contribution < -0.4 is 30.8 Å². The van der Waals surface area contributed by atoms with E-state index < -0.39 is 0 Å². The molecule has 292 valence electrons. The first-order chi connectivity index (χ1) is 31.3. The lowest BCUT2D eigenvalue weighted by Crippen LogP contribution is -2.58. The number of benzene rings is 11. The Morgan fingerprint density at radius 3 is 1.67 bits per heavy atom. The van der Waals surface area contributed by atoms with Crippen molar-refractivity contribution in [2.24, 2.45) is 0 Å². The van der Waals surface area contributed by atoms with E-state index in [1.807, 2.05) is 0 Å². The second kappa shape index (κ2) is 13.1. The van der Waals surface area contributed by atoms with Gasteiger partial charge in [-0.25, -0.2) is 0 Å². The highest BCUT2D eigenvalue weighted by Crippen LogP contribution is 2.50. The maximum atomic E-state index is 7.42. The molecule has 0 unspecified atom stereocenters. The van der Waals surface area contributed by atoms with Gasteiger partial charge in [0, 0.05) is 38.7 Å². The maximum absolute atomic E-state index is 7.42. The Kier molecular flexibility index (Phi) is 7.17. The molecule has 0 amide bonds. The van der Waals surface area contributed by atoms with Crippen LogP contribution in [0.3, 0.4) is 0 Å². The van der Waals surface area contributed by atoms with Crippen LogP contribution in [-0.4, -0.2) is 11.3 Å². The van der Waals surface area contributed by atoms with Crippen molar-refractivity contribution >= 4 is 105 Å². The van der Waals surface area contributed by atoms with E-state index >= 15 is 0 Å². The molecule has 0 saturated carbocycles. The summed E-state index contributed by atoms with van der Waals surface area (Å²) >= 11 is 0. The van der Waals surface area contributed by atoms with Crippen LogP contribution >= 0.6 is 0 Å². The molecule has 63 heavy (non-hydrogen) atoms. The van der Waals surface area contributed by atoms with Crippen molar-refractivity contribution in [3.05, 3.63) is 212 Å². The second-order valence-electron chi connectivity index (χ2n) is 16.8. The standard InChI is InChI=1S/C58H35BN2O2/c1-3-19-40(20-4-1)60(42-30-27-36-15-7-8-18-39(36)33-42)48-35-49-53(46-26-14-13-25-45(46)48)47-34-52-56-58(57(47)61(49)41-21-5-2-6-22-41)63-51-32-29-38-17-10-12-24-44(38)55(51)59(56)54-43-23-11-9-16-37(43)28-31-50(54)62-52/h1-35H. The minimum absolute atomic E-state index is 0.139. The number of anilines is 3. The lowest BCUT2D eigenvalue weighted by atomic mass is 9.33. The van der Waals surface area contributed by atoms with Crippen molar-refractivity contribution in [2.75, 3.05) is 4.90 Å². The van der Waals surface area contributed by atoms with Crippen molar-refractivity contribution < 1.29 is 9.47 Å². The Morgan fingerprint density at radius 2 is 0.952 bits per heavy atom. The number of aromatic nitrogens is 1. The van der Waals surface area contributed by atoms with Crippen LogP contribution in [0.5, 0.6) is 23.0 Å². The van der Waals surface area contributed by atoms with Crippen LogP contribution in [0.2, 0.25) is 0 Å². The van der Waals surface area contributed by atoms with E-state index in [2.05, 4.69) is 222 Å². The van der Waals surface area contributed by atoms with Crippen LogP contribution in [-0.2, 0) is 0 Å². The molecule has 0 bridgehead atoms. The summed E-state index contributed by atoms with van der Waals surface area (Å²) in [5.74, 6) is 3.40. The van der Waals surface area contributed by atoms with Gasteiger partial charge in [-0.3, -0.25) is 0 Å². The molecule has 3 heterocycles. The summed E-state index contributed by atoms with van der Waals surface area (Å²) in [6, 6.07) is 76.5. The fourth-order valence-corrected chi connectivity index (χ4v) is 10.8. The first kappa shape index (κ1) is 34.4. The van der Waals surface area contributed by atoms with Crippen molar-refractivity contribution in [2.45, 2.75) is 0 Å². The summed E-state index contributed by atoms with van der Waals surface area (Å²) in [6.45, 7) is -0.139. The number of para-hydroxylation sites is 2. The Bertz CT molecular complexity index is 3830. The first-order valence-corrected chi connectivity index (χ1v) is 21.6. The molecular weight excluding hydrogens is 767 g/mol. The van der Waals surface area contributed by atoms with Gasteiger partial charge < -0.3 is 18.9 Å². The van der Waals surface area contributed by atoms with E-state index in [9.17, 15) is 0 Å². The summed E-state index contributed by atoms with van der Waals surface area (Å²) in [6.07, 6.45) is 0. The molecule has 0 aliphatic carbocycles. The molecule has 14 rings (SSSR count). The summed E-state index contributed by atoms with van der Waals surface area (Å²) in [4.78, 5) is 2.41. The lowest BCUT2D eigenvalue weighted by Gasteiger charge is -2.35. The molecule has 0 N–H and O–H groups in total. The smallest absolute Gasteiger partial charge is 0.262 e. The van der Waals surface area contributed by atoms with Crippen molar-refractivity contribution in [3.8, 4) is 28.7 Å². The second-order valence-corrected chi connectivity index (χ2v) is 16.8. The Labute approximate surface area is 363 Å². The van der Waals surface area contributed by atoms with E-state index in [-0.39, 0.29) is 6.71 Å². The zero-order valence-electron chi connectivity index (χ0n) is 34.0. The summed E-state index contributed by atoms with van der Waals surface area (Å²) in [5.41, 5.74) is 9.81. The van der Waals surface area contributed by atoms with E-state index in [4.69, 9.17) is 9.47 Å². The zero-order valence-corrected chi connectivity index (χ0v) is 34.0. The fourth-order valence-electron chi connectivity index (χ4n) is 10.8. The third-order valence-electron chi connectivity index (χ3n) is 13.4. The minimum atomic E-state index is -0.139. The predicted octanol–water partition coefficient (Wildman–Crippen LogP) is 13.6. The Balaban J connectivity index is 1.14. The Morgan fingerprint density at radius 1 is 0.381 bits per heavy atom. The minimum Gasteiger partial charge on any atom is -0.458 e. The SMILES string of the molecule is c1ccc(N(c2ccc3ccccc3c2)c2cc3c(c4ccccc24)c2cc4c5c(c2n3-c2ccccc2)Oc2ccc3ccccc3c2B5c2c(ccc3ccccc23)O4)cc1. The maximum Gasteiger partial charge on any atom is 0.262 e. The number of hydrogen-bond acceptors (Lipinski definition) is 3. The molecule has 0 fully saturated rings. The third kappa shape index (κ3) is 4.93. The van der Waals surface area contributed by atoms with Gasteiger partial charge in [0.15, 0.2) is 5.75 Å². The summed E-state index contributed by atoms with van der Waals surface area (Å²) in [5, 5.41) is 11.7. The van der Waals surface area contributed by atoms with E-state index in [1.165, 1.54) is 43.2 Å². The lowest BCUT2D eigenvalue weighted by molar-refractivity contribution is 0.468. The van der Waals surface area contributed by atoms with Gasteiger partial charge in [-0.1, -0.05) is 152 Å². The van der Waals surface area contributed by atoms with Gasteiger partial charge in [0.2, 0.25) is 0 Å². The van der Waals surface area contributed by atoms with Gasteiger partial charge in [-0.15, -0.1) is 0 Å². The van der Waals surface area contributed by atoms with Gasteiger partial charge in [0.25, 0.3) is 6.71 Å². The van der Waals surface area contributed by atoms with Crippen LogP contribution in [0.25, 0.3) is 70.6 Å². The molecule has 11 aromatic carbocycles.